The van der Waals surface area contributed by atoms with Crippen LogP contribution < -0.4 is 5.32 Å². The Bertz CT molecular complexity index is 178. The first-order valence-corrected chi connectivity index (χ1v) is 5.90. The summed E-state index contributed by atoms with van der Waals surface area (Å²) in [5.41, 5.74) is 0. The molecule has 2 rings (SSSR count). The molecule has 0 radical (unpaired) electrons. The Labute approximate surface area is 86.5 Å². The van der Waals surface area contributed by atoms with Crippen molar-refractivity contribution in [1.29, 1.82) is 0 Å². The molecule has 2 fully saturated rings. The van der Waals surface area contributed by atoms with Crippen molar-refractivity contribution in [2.75, 3.05) is 26.2 Å². The Morgan fingerprint density at radius 1 is 1.21 bits per heavy atom. The predicted molar refractivity (Wildman–Crippen MR) is 57.3 cm³/mol. The largest absolute Gasteiger partial charge is 0.391 e. The summed E-state index contributed by atoms with van der Waals surface area (Å²) < 4.78 is 0. The molecule has 0 aromatic carbocycles. The fourth-order valence-corrected chi connectivity index (χ4v) is 2.56. The van der Waals surface area contributed by atoms with Crippen molar-refractivity contribution >= 4 is 0 Å². The molecule has 0 aromatic rings. The van der Waals surface area contributed by atoms with Gasteiger partial charge in [0, 0.05) is 12.6 Å². The highest BCUT2D eigenvalue weighted by Crippen LogP contribution is 2.20. The molecule has 3 heteroatoms. The number of nitrogens with one attached hydrogen (secondary N) is 1. The maximum atomic E-state index is 9.91. The topological polar surface area (TPSA) is 35.5 Å². The molecule has 0 bridgehead atoms. The molecule has 0 amide bonds. The van der Waals surface area contributed by atoms with E-state index in [1.165, 1.54) is 25.9 Å². The second-order valence-corrected chi connectivity index (χ2v) is 4.85. The molecule has 2 N–H and O–H groups in total. The number of aliphatic hydroxyl groups is 1. The average Bonchev–Trinajstić information content (AvgIpc) is 2.20. The molecule has 14 heavy (non-hydrogen) atoms. The van der Waals surface area contributed by atoms with Gasteiger partial charge in [-0.05, 0) is 44.8 Å². The van der Waals surface area contributed by atoms with Gasteiger partial charge in [0.1, 0.15) is 0 Å². The summed E-state index contributed by atoms with van der Waals surface area (Å²) in [6.45, 7) is 6.61. The normalized spacial score (nSPS) is 37.3. The zero-order valence-corrected chi connectivity index (χ0v) is 9.08. The van der Waals surface area contributed by atoms with Crippen molar-refractivity contribution in [3.8, 4) is 0 Å². The SMILES string of the molecule is CC1CCN(C2CNCCC2O)CC1. The first-order valence-electron chi connectivity index (χ1n) is 5.90. The van der Waals surface area contributed by atoms with Gasteiger partial charge in [0.2, 0.25) is 0 Å². The lowest BCUT2D eigenvalue weighted by atomic mass is 9.95. The predicted octanol–water partition coefficient (Wildman–Crippen LogP) is 0.441. The lowest BCUT2D eigenvalue weighted by Gasteiger charge is -2.41. The molecule has 2 aliphatic heterocycles. The summed E-state index contributed by atoms with van der Waals surface area (Å²) in [5.74, 6) is 0.875. The van der Waals surface area contributed by atoms with Crippen molar-refractivity contribution in [3.63, 3.8) is 0 Å². The maximum absolute atomic E-state index is 9.91. The summed E-state index contributed by atoms with van der Waals surface area (Å²) in [5, 5.41) is 13.3. The second kappa shape index (κ2) is 4.60. The van der Waals surface area contributed by atoms with Gasteiger partial charge in [0.15, 0.2) is 0 Å². The second-order valence-electron chi connectivity index (χ2n) is 4.85. The monoisotopic (exact) mass is 198 g/mol. The summed E-state index contributed by atoms with van der Waals surface area (Å²) in [7, 11) is 0. The standard InChI is InChI=1S/C11H22N2O/c1-9-3-6-13(7-4-9)10-8-12-5-2-11(10)14/h9-12,14H,2-8H2,1H3. The molecular weight excluding hydrogens is 176 g/mol. The van der Waals surface area contributed by atoms with Crippen molar-refractivity contribution in [2.45, 2.75) is 38.3 Å². The van der Waals surface area contributed by atoms with E-state index in [2.05, 4.69) is 17.1 Å². The van der Waals surface area contributed by atoms with Crippen LogP contribution in [0.25, 0.3) is 0 Å². The van der Waals surface area contributed by atoms with E-state index in [1.54, 1.807) is 0 Å². The van der Waals surface area contributed by atoms with Crippen molar-refractivity contribution in [3.05, 3.63) is 0 Å². The van der Waals surface area contributed by atoms with Gasteiger partial charge in [-0.1, -0.05) is 6.92 Å². The van der Waals surface area contributed by atoms with Gasteiger partial charge in [-0.15, -0.1) is 0 Å². The van der Waals surface area contributed by atoms with Crippen molar-refractivity contribution < 1.29 is 5.11 Å². The van der Waals surface area contributed by atoms with Gasteiger partial charge < -0.3 is 10.4 Å². The quantitative estimate of drug-likeness (QED) is 0.642. The minimum Gasteiger partial charge on any atom is -0.391 e. The third kappa shape index (κ3) is 2.27. The summed E-state index contributed by atoms with van der Waals surface area (Å²) in [6.07, 6.45) is 3.40. The zero-order valence-electron chi connectivity index (χ0n) is 9.08. The third-order valence-corrected chi connectivity index (χ3v) is 3.70. The van der Waals surface area contributed by atoms with E-state index >= 15 is 0 Å². The Morgan fingerprint density at radius 3 is 2.57 bits per heavy atom. The Kier molecular flexibility index (Phi) is 3.42. The zero-order chi connectivity index (χ0) is 9.97. The van der Waals surface area contributed by atoms with Gasteiger partial charge in [0.05, 0.1) is 6.10 Å². The maximum Gasteiger partial charge on any atom is 0.0719 e. The molecule has 2 saturated heterocycles. The smallest absolute Gasteiger partial charge is 0.0719 e. The summed E-state index contributed by atoms with van der Waals surface area (Å²) in [4.78, 5) is 2.47. The van der Waals surface area contributed by atoms with Crippen LogP contribution in [0.5, 0.6) is 0 Å². The van der Waals surface area contributed by atoms with E-state index in [0.29, 0.717) is 6.04 Å². The van der Waals surface area contributed by atoms with E-state index in [0.717, 1.165) is 25.4 Å². The van der Waals surface area contributed by atoms with Gasteiger partial charge in [-0.3, -0.25) is 4.90 Å². The fourth-order valence-electron chi connectivity index (χ4n) is 2.56. The van der Waals surface area contributed by atoms with E-state index in [-0.39, 0.29) is 6.10 Å². The highest BCUT2D eigenvalue weighted by Gasteiger charge is 2.30. The number of likely N-dealkylation sites (tertiary alicyclic amines) is 1. The highest BCUT2D eigenvalue weighted by atomic mass is 16.3. The van der Waals surface area contributed by atoms with Crippen LogP contribution in [0.4, 0.5) is 0 Å². The van der Waals surface area contributed by atoms with E-state index < -0.39 is 0 Å². The number of piperidine rings is 2. The van der Waals surface area contributed by atoms with E-state index in [4.69, 9.17) is 0 Å². The molecule has 3 nitrogen and oxygen atoms in total. The number of hydrogen-bond acceptors (Lipinski definition) is 3. The molecule has 0 spiro atoms. The van der Waals surface area contributed by atoms with Gasteiger partial charge in [0.25, 0.3) is 0 Å². The van der Waals surface area contributed by atoms with Gasteiger partial charge >= 0.3 is 0 Å². The molecule has 0 saturated carbocycles. The molecule has 82 valence electrons. The molecule has 2 aliphatic rings. The highest BCUT2D eigenvalue weighted by molar-refractivity contribution is 4.87. The number of nitrogens with zero attached hydrogens (tertiary/aromatic N) is 1. The van der Waals surface area contributed by atoms with Gasteiger partial charge in [-0.2, -0.15) is 0 Å². The summed E-state index contributed by atoms with van der Waals surface area (Å²) in [6, 6.07) is 0.372. The Hall–Kier alpha value is -0.120. The van der Waals surface area contributed by atoms with Crippen LogP contribution in [0.3, 0.4) is 0 Å². The Balaban J connectivity index is 1.87. The lowest BCUT2D eigenvalue weighted by molar-refractivity contribution is 0.0131. The van der Waals surface area contributed by atoms with Crippen LogP contribution in [-0.2, 0) is 0 Å². The van der Waals surface area contributed by atoms with Crippen LogP contribution in [-0.4, -0.2) is 48.3 Å². The first kappa shape index (κ1) is 10.4. The van der Waals surface area contributed by atoms with E-state index in [9.17, 15) is 5.11 Å². The molecule has 0 aromatic heterocycles. The van der Waals surface area contributed by atoms with E-state index in [1.807, 2.05) is 0 Å². The summed E-state index contributed by atoms with van der Waals surface area (Å²) >= 11 is 0. The number of aliphatic hydroxyl groups excluding tert-OH is 1. The third-order valence-electron chi connectivity index (χ3n) is 3.70. The first-order chi connectivity index (χ1) is 6.77. The van der Waals surface area contributed by atoms with Crippen LogP contribution in [0, 0.1) is 5.92 Å². The van der Waals surface area contributed by atoms with Crippen LogP contribution in [0.1, 0.15) is 26.2 Å². The fraction of sp³-hybridized carbons (Fsp3) is 1.00. The average molecular weight is 198 g/mol. The van der Waals surface area contributed by atoms with Crippen molar-refractivity contribution in [1.82, 2.24) is 10.2 Å². The lowest BCUT2D eigenvalue weighted by Crippen LogP contribution is -2.55. The van der Waals surface area contributed by atoms with Crippen LogP contribution >= 0.6 is 0 Å². The molecule has 2 heterocycles. The van der Waals surface area contributed by atoms with Crippen molar-refractivity contribution in [2.24, 2.45) is 5.92 Å². The van der Waals surface area contributed by atoms with Crippen LogP contribution in [0.2, 0.25) is 0 Å². The van der Waals surface area contributed by atoms with Gasteiger partial charge in [-0.25, -0.2) is 0 Å². The number of hydrogen-bond donors (Lipinski definition) is 2. The Morgan fingerprint density at radius 2 is 1.93 bits per heavy atom. The molecule has 0 aliphatic carbocycles. The number of rotatable bonds is 1. The molecule has 2 atom stereocenters. The minimum absolute atomic E-state index is 0.107. The molecular formula is C11H22N2O. The molecule has 2 unspecified atom stereocenters. The van der Waals surface area contributed by atoms with Crippen LogP contribution in [0.15, 0.2) is 0 Å². The minimum atomic E-state index is -0.107.